The number of fused-ring (bicyclic) bond motifs is 1. The summed E-state index contributed by atoms with van der Waals surface area (Å²) < 4.78 is 46.4. The zero-order valence-corrected chi connectivity index (χ0v) is 21.9. The summed E-state index contributed by atoms with van der Waals surface area (Å²) in [5.41, 5.74) is 3.89. The molecule has 1 saturated heterocycles. The van der Waals surface area contributed by atoms with E-state index in [4.69, 9.17) is 13.9 Å². The van der Waals surface area contributed by atoms with Gasteiger partial charge in [0.05, 0.1) is 19.8 Å². The molecule has 5 rings (SSSR count). The number of ether oxygens (including phenoxy) is 2. The molecule has 0 atom stereocenters. The number of amides is 1. The molecule has 204 valence electrons. The molecule has 0 radical (unpaired) electrons. The molecule has 1 fully saturated rings. The highest BCUT2D eigenvalue weighted by atomic mass is 19.1. The van der Waals surface area contributed by atoms with Crippen LogP contribution in [0.3, 0.4) is 0 Å². The highest BCUT2D eigenvalue weighted by Gasteiger charge is 2.20. The predicted molar refractivity (Wildman–Crippen MR) is 144 cm³/mol. The van der Waals surface area contributed by atoms with Crippen molar-refractivity contribution in [2.24, 2.45) is 0 Å². The molecule has 3 aromatic carbocycles. The summed E-state index contributed by atoms with van der Waals surface area (Å²) in [4.78, 5) is 18.9. The molecular weight excluding hydrogens is 506 g/mol. The lowest BCUT2D eigenvalue weighted by Crippen LogP contribution is -2.36. The summed E-state index contributed by atoms with van der Waals surface area (Å²) in [7, 11) is 1.58. The van der Waals surface area contributed by atoms with Gasteiger partial charge >= 0.3 is 0 Å². The first kappa shape index (κ1) is 26.7. The minimum Gasteiger partial charge on any atom is -0.423 e. The van der Waals surface area contributed by atoms with E-state index in [9.17, 15) is 4.79 Å². The first-order chi connectivity index (χ1) is 18.9. The van der Waals surface area contributed by atoms with Crippen molar-refractivity contribution in [3.63, 3.8) is 0 Å². The summed E-state index contributed by atoms with van der Waals surface area (Å²) in [6.07, 6.45) is 0. The number of hydrogen-bond donors (Lipinski definition) is 2. The second kappa shape index (κ2) is 11.9. The van der Waals surface area contributed by atoms with Gasteiger partial charge in [0.2, 0.25) is 0 Å². The Morgan fingerprint density at radius 1 is 1.10 bits per heavy atom. The first-order valence-corrected chi connectivity index (χ1v) is 12.8. The van der Waals surface area contributed by atoms with Crippen LogP contribution in [0.15, 0.2) is 52.9 Å². The maximum Gasteiger partial charge on any atom is 0.300 e. The van der Waals surface area contributed by atoms with Crippen LogP contribution in [0.2, 0.25) is 0 Å². The molecule has 8 nitrogen and oxygen atoms in total. The molecule has 0 aliphatic carbocycles. The largest absolute Gasteiger partial charge is 0.423 e. The third-order valence-electron chi connectivity index (χ3n) is 6.67. The Morgan fingerprint density at radius 2 is 1.87 bits per heavy atom. The molecule has 1 aliphatic heterocycles. The second-order valence-electron chi connectivity index (χ2n) is 9.38. The molecule has 10 heteroatoms. The van der Waals surface area contributed by atoms with Gasteiger partial charge in [-0.2, -0.15) is 4.98 Å². The fourth-order valence-electron chi connectivity index (χ4n) is 4.60. The number of nitrogens with one attached hydrogen (secondary N) is 2. The van der Waals surface area contributed by atoms with Crippen LogP contribution in [-0.2, 0) is 16.0 Å². The molecule has 39 heavy (non-hydrogen) atoms. The van der Waals surface area contributed by atoms with Crippen LogP contribution in [0.1, 0.15) is 21.5 Å². The van der Waals surface area contributed by atoms with Crippen LogP contribution in [0.4, 0.5) is 20.5 Å². The van der Waals surface area contributed by atoms with E-state index in [-0.39, 0.29) is 24.0 Å². The fourth-order valence-corrected chi connectivity index (χ4v) is 4.60. The summed E-state index contributed by atoms with van der Waals surface area (Å²) in [6, 6.07) is 13.5. The van der Waals surface area contributed by atoms with Gasteiger partial charge in [0.15, 0.2) is 5.58 Å². The van der Waals surface area contributed by atoms with Crippen LogP contribution < -0.4 is 10.6 Å². The van der Waals surface area contributed by atoms with Gasteiger partial charge in [-0.1, -0.05) is 12.1 Å². The molecule has 0 spiro atoms. The minimum absolute atomic E-state index is 0.0407. The maximum atomic E-state index is 15.1. The summed E-state index contributed by atoms with van der Waals surface area (Å²) in [6.45, 7) is 5.27. The van der Waals surface area contributed by atoms with Crippen molar-refractivity contribution in [1.29, 1.82) is 0 Å². The third kappa shape index (κ3) is 6.08. The van der Waals surface area contributed by atoms with E-state index < -0.39 is 11.6 Å². The Morgan fingerprint density at radius 3 is 2.59 bits per heavy atom. The van der Waals surface area contributed by atoms with Crippen molar-refractivity contribution in [2.75, 3.05) is 51.9 Å². The summed E-state index contributed by atoms with van der Waals surface area (Å²) in [5.74, 6) is -1.39. The number of nitrogens with zero attached hydrogens (tertiary/aromatic N) is 2. The van der Waals surface area contributed by atoms with Gasteiger partial charge in [-0.3, -0.25) is 9.69 Å². The minimum atomic E-state index is -0.604. The van der Waals surface area contributed by atoms with Crippen LogP contribution in [0, 0.1) is 18.6 Å². The van der Waals surface area contributed by atoms with Gasteiger partial charge in [-0.25, -0.2) is 8.78 Å². The molecule has 4 aromatic rings. The standard InChI is InChI=1S/C29H30F2N4O4/c1-18-14-20(6-7-21(18)28(36)32-8-11-37-2)33-29-34-26-5-3-4-22(27(26)39-29)19-15-24(30)23(25(31)16-19)17-35-9-12-38-13-10-35/h3-7,14-16H,8-13,17H2,1-2H3,(H,32,36)(H,33,34). The van der Waals surface area contributed by atoms with Gasteiger partial charge in [0.25, 0.3) is 11.9 Å². The molecule has 2 heterocycles. The van der Waals surface area contributed by atoms with Crippen LogP contribution >= 0.6 is 0 Å². The molecule has 1 aromatic heterocycles. The molecule has 0 saturated carbocycles. The lowest BCUT2D eigenvalue weighted by molar-refractivity contribution is 0.0332. The zero-order chi connectivity index (χ0) is 27.4. The van der Waals surface area contributed by atoms with Crippen molar-refractivity contribution in [3.05, 3.63) is 76.9 Å². The number of carbonyl (C=O) groups excluding carboxylic acids is 1. The number of rotatable bonds is 9. The van der Waals surface area contributed by atoms with E-state index in [1.807, 2.05) is 17.9 Å². The number of benzene rings is 3. The zero-order valence-electron chi connectivity index (χ0n) is 21.9. The molecule has 0 bridgehead atoms. The molecule has 0 unspecified atom stereocenters. The maximum absolute atomic E-state index is 15.1. The number of para-hydroxylation sites is 1. The van der Waals surface area contributed by atoms with E-state index in [0.29, 0.717) is 72.9 Å². The van der Waals surface area contributed by atoms with E-state index in [2.05, 4.69) is 15.6 Å². The monoisotopic (exact) mass is 536 g/mol. The Balaban J connectivity index is 1.36. The van der Waals surface area contributed by atoms with E-state index in [1.54, 1.807) is 37.4 Å². The summed E-state index contributed by atoms with van der Waals surface area (Å²) in [5, 5.41) is 5.92. The van der Waals surface area contributed by atoms with Crippen LogP contribution in [0.5, 0.6) is 0 Å². The number of hydrogen-bond acceptors (Lipinski definition) is 7. The topological polar surface area (TPSA) is 88.9 Å². The van der Waals surface area contributed by atoms with Crippen molar-refractivity contribution in [2.45, 2.75) is 13.5 Å². The number of oxazole rings is 1. The number of carbonyl (C=O) groups is 1. The van der Waals surface area contributed by atoms with Gasteiger partial charge in [0.1, 0.15) is 17.2 Å². The average Bonchev–Trinajstić information content (AvgIpc) is 3.34. The van der Waals surface area contributed by atoms with Crippen LogP contribution in [-0.4, -0.2) is 62.4 Å². The van der Waals surface area contributed by atoms with Crippen molar-refractivity contribution < 1.29 is 27.5 Å². The highest BCUT2D eigenvalue weighted by molar-refractivity contribution is 5.96. The normalized spacial score (nSPS) is 14.1. The first-order valence-electron chi connectivity index (χ1n) is 12.8. The SMILES string of the molecule is COCCNC(=O)c1ccc(Nc2nc3cccc(-c4cc(F)c(CN5CCOCC5)c(F)c4)c3o2)cc1C. The lowest BCUT2D eigenvalue weighted by atomic mass is 10.0. The number of anilines is 2. The quantitative estimate of drug-likeness (QED) is 0.290. The van der Waals surface area contributed by atoms with Crippen molar-refractivity contribution in [1.82, 2.24) is 15.2 Å². The smallest absolute Gasteiger partial charge is 0.300 e. The second-order valence-corrected chi connectivity index (χ2v) is 9.38. The van der Waals surface area contributed by atoms with Crippen molar-refractivity contribution in [3.8, 4) is 11.1 Å². The van der Waals surface area contributed by atoms with Crippen LogP contribution in [0.25, 0.3) is 22.2 Å². The average molecular weight is 537 g/mol. The molecule has 2 N–H and O–H groups in total. The fraction of sp³-hybridized carbons (Fsp3) is 0.310. The number of halogens is 2. The number of morpholine rings is 1. The van der Waals surface area contributed by atoms with Gasteiger partial charge in [0, 0.05) is 55.7 Å². The Bertz CT molecular complexity index is 1460. The van der Waals surface area contributed by atoms with E-state index >= 15 is 8.78 Å². The highest BCUT2D eigenvalue weighted by Crippen LogP contribution is 2.33. The summed E-state index contributed by atoms with van der Waals surface area (Å²) >= 11 is 0. The van der Waals surface area contributed by atoms with Gasteiger partial charge in [-0.05, 0) is 54.4 Å². The third-order valence-corrected chi connectivity index (χ3v) is 6.67. The number of methoxy groups -OCH3 is 1. The van der Waals surface area contributed by atoms with Gasteiger partial charge < -0.3 is 24.5 Å². The Kier molecular flexibility index (Phi) is 8.16. The predicted octanol–water partition coefficient (Wildman–Crippen LogP) is 5.03. The molecule has 1 amide bonds. The van der Waals surface area contributed by atoms with E-state index in [0.717, 1.165) is 5.56 Å². The number of aromatic nitrogens is 1. The number of aryl methyl sites for hydroxylation is 1. The van der Waals surface area contributed by atoms with E-state index in [1.165, 1.54) is 12.1 Å². The van der Waals surface area contributed by atoms with Crippen molar-refractivity contribution >= 4 is 28.7 Å². The van der Waals surface area contributed by atoms with Gasteiger partial charge in [-0.15, -0.1) is 0 Å². The molecule has 1 aliphatic rings. The molecular formula is C29H30F2N4O4. The Hall–Kier alpha value is -3.86. The lowest BCUT2D eigenvalue weighted by Gasteiger charge is -2.26. The Labute approximate surface area is 224 Å².